The zero-order valence-corrected chi connectivity index (χ0v) is 19.5. The summed E-state index contributed by atoms with van der Waals surface area (Å²) in [6, 6.07) is 0. The van der Waals surface area contributed by atoms with Gasteiger partial charge >= 0.3 is 126 Å². The molecular formula is C10H24Cl4Sn2. The Bertz CT molecular complexity index is 141. The molecule has 0 radical (unpaired) electrons. The van der Waals surface area contributed by atoms with Crippen LogP contribution in [0.4, 0.5) is 0 Å². The summed E-state index contributed by atoms with van der Waals surface area (Å²) in [5.74, 6) is 0. The van der Waals surface area contributed by atoms with Gasteiger partial charge in [0.2, 0.25) is 0 Å². The second-order valence-electron chi connectivity index (χ2n) is 4.39. The molecule has 6 heteroatoms. The number of hydrogen-bond acceptors (Lipinski definition) is 0. The Morgan fingerprint density at radius 3 is 1.19 bits per heavy atom. The van der Waals surface area contributed by atoms with Crippen LogP contribution >= 0.6 is 35.7 Å². The topological polar surface area (TPSA) is 0 Å². The molecule has 0 aliphatic rings. The second-order valence-corrected chi connectivity index (χ2v) is 44.7. The van der Waals surface area contributed by atoms with Crippen molar-refractivity contribution >= 4 is 67.9 Å². The summed E-state index contributed by atoms with van der Waals surface area (Å²) in [4.78, 5) is 3.86. The van der Waals surface area contributed by atoms with Gasteiger partial charge in [0.1, 0.15) is 0 Å². The molecule has 0 saturated carbocycles. The van der Waals surface area contributed by atoms with Crippen molar-refractivity contribution < 1.29 is 0 Å². The molecule has 0 atom stereocenters. The van der Waals surface area contributed by atoms with Gasteiger partial charge in [0.15, 0.2) is 0 Å². The molecule has 0 aromatic carbocycles. The van der Waals surface area contributed by atoms with E-state index in [0.29, 0.717) is 0 Å². The van der Waals surface area contributed by atoms with Gasteiger partial charge in [-0.3, -0.25) is 0 Å². The summed E-state index contributed by atoms with van der Waals surface area (Å²) < 4.78 is 2.29. The molecule has 0 amide bonds. The standard InChI is InChI=1S/2C4H9.2CH3.4ClH.2Sn/c2*1-3-4-2;;;;;;;;/h2*1,3-4H2,2H3;2*1H3;4*1H;;/q;;;;;;;;2*+2/p-4. The number of rotatable bonds is 6. The molecule has 0 rings (SSSR count). The fraction of sp³-hybridized carbons (Fsp3) is 1.00. The zero-order valence-electron chi connectivity index (χ0n) is 10.8. The van der Waals surface area contributed by atoms with Crippen molar-refractivity contribution in [3.8, 4) is 0 Å². The van der Waals surface area contributed by atoms with Gasteiger partial charge in [-0.2, -0.15) is 0 Å². The Morgan fingerprint density at radius 2 is 1.00 bits per heavy atom. The molecular weight excluding hydrogens is 499 g/mol. The van der Waals surface area contributed by atoms with Crippen LogP contribution in [0.2, 0.25) is 18.8 Å². The van der Waals surface area contributed by atoms with Crippen LogP contribution in [-0.4, -0.2) is 32.2 Å². The minimum atomic E-state index is -2.49. The third-order valence-corrected chi connectivity index (χ3v) is 13.1. The van der Waals surface area contributed by atoms with Crippen LogP contribution in [0.15, 0.2) is 0 Å². The van der Waals surface area contributed by atoms with Crippen LogP contribution in [0.25, 0.3) is 0 Å². The molecule has 0 aliphatic heterocycles. The summed E-state index contributed by atoms with van der Waals surface area (Å²) in [6.45, 7) is 4.38. The van der Waals surface area contributed by atoms with Crippen molar-refractivity contribution in [1.82, 2.24) is 0 Å². The number of hydrogen-bond donors (Lipinski definition) is 0. The molecule has 0 bridgehead atoms. The first-order valence-electron chi connectivity index (χ1n) is 5.88. The van der Waals surface area contributed by atoms with Crippen molar-refractivity contribution in [2.45, 2.75) is 58.3 Å². The van der Waals surface area contributed by atoms with Crippen molar-refractivity contribution in [3.05, 3.63) is 0 Å². The normalized spacial score (nSPS) is 12.0. The summed E-state index contributed by atoms with van der Waals surface area (Å²) >= 11 is -4.73. The van der Waals surface area contributed by atoms with Gasteiger partial charge in [0.25, 0.3) is 0 Å². The average molecular weight is 524 g/mol. The first-order chi connectivity index (χ1) is 7.12. The van der Waals surface area contributed by atoms with Crippen LogP contribution < -0.4 is 0 Å². The van der Waals surface area contributed by atoms with E-state index in [1.165, 1.54) is 25.7 Å². The van der Waals surface area contributed by atoms with Gasteiger partial charge < -0.3 is 0 Å². The molecule has 0 nitrogen and oxygen atoms in total. The van der Waals surface area contributed by atoms with E-state index in [4.69, 9.17) is 35.7 Å². The SMILES string of the molecule is CCC[CH2][Sn]([Cl])([Cl])[CH2]CCC.[CH3][Sn]([CH3])([Cl])[Cl]. The molecule has 100 valence electrons. The van der Waals surface area contributed by atoms with Gasteiger partial charge in [-0.05, 0) is 0 Å². The third kappa shape index (κ3) is 25.6. The van der Waals surface area contributed by atoms with Crippen molar-refractivity contribution in [2.24, 2.45) is 0 Å². The minimum absolute atomic E-state index is 1.15. The Morgan fingerprint density at radius 1 is 0.750 bits per heavy atom. The Labute approximate surface area is 124 Å². The fourth-order valence-electron chi connectivity index (χ4n) is 0.996. The number of unbranched alkanes of at least 4 members (excludes halogenated alkanes) is 2. The first kappa shape index (κ1) is 21.1. The predicted octanol–water partition coefficient (Wildman–Crippen LogP) is 6.67. The van der Waals surface area contributed by atoms with Gasteiger partial charge in [-0.25, -0.2) is 0 Å². The van der Waals surface area contributed by atoms with Gasteiger partial charge in [-0.1, -0.05) is 0 Å². The summed E-state index contributed by atoms with van der Waals surface area (Å²) in [5.41, 5.74) is 0. The van der Waals surface area contributed by atoms with Crippen molar-refractivity contribution in [2.75, 3.05) is 0 Å². The molecule has 0 N–H and O–H groups in total. The quantitative estimate of drug-likeness (QED) is 0.341. The second kappa shape index (κ2) is 11.6. The molecule has 0 aromatic rings. The molecule has 0 saturated heterocycles. The van der Waals surface area contributed by atoms with Crippen LogP contribution in [0.3, 0.4) is 0 Å². The summed E-state index contributed by atoms with van der Waals surface area (Å²) in [5, 5.41) is 0. The summed E-state index contributed by atoms with van der Waals surface area (Å²) in [6.07, 6.45) is 4.91. The van der Waals surface area contributed by atoms with E-state index in [1.807, 2.05) is 9.88 Å². The first-order valence-corrected chi connectivity index (χ1v) is 30.1. The van der Waals surface area contributed by atoms with E-state index in [1.54, 1.807) is 0 Å². The van der Waals surface area contributed by atoms with E-state index in [2.05, 4.69) is 13.8 Å². The van der Waals surface area contributed by atoms with Gasteiger partial charge in [0.05, 0.1) is 0 Å². The third-order valence-electron chi connectivity index (χ3n) is 1.79. The molecule has 0 fully saturated rings. The van der Waals surface area contributed by atoms with Gasteiger partial charge in [-0.15, -0.1) is 0 Å². The van der Waals surface area contributed by atoms with E-state index >= 15 is 0 Å². The molecule has 16 heavy (non-hydrogen) atoms. The molecule has 0 spiro atoms. The summed E-state index contributed by atoms with van der Waals surface area (Å²) in [7, 11) is 23.5. The van der Waals surface area contributed by atoms with Crippen molar-refractivity contribution in [3.63, 3.8) is 0 Å². The Hall–Kier alpha value is 2.76. The average Bonchev–Trinajstić information content (AvgIpc) is 2.09. The van der Waals surface area contributed by atoms with Crippen molar-refractivity contribution in [1.29, 1.82) is 0 Å². The molecule has 0 heterocycles. The van der Waals surface area contributed by atoms with Crippen LogP contribution in [0, 0.1) is 0 Å². The maximum absolute atomic E-state index is 6.27. The Kier molecular flexibility index (Phi) is 15.2. The van der Waals surface area contributed by atoms with Crippen LogP contribution in [-0.2, 0) is 0 Å². The fourth-order valence-corrected chi connectivity index (χ4v) is 10.3. The van der Waals surface area contributed by atoms with E-state index in [0.717, 1.165) is 8.87 Å². The van der Waals surface area contributed by atoms with Crippen LogP contribution in [0.1, 0.15) is 39.5 Å². The molecule has 0 aromatic heterocycles. The maximum atomic E-state index is 6.27. The monoisotopic (exact) mass is 524 g/mol. The van der Waals surface area contributed by atoms with E-state index < -0.39 is 32.2 Å². The van der Waals surface area contributed by atoms with Gasteiger partial charge in [0, 0.05) is 0 Å². The zero-order chi connectivity index (χ0) is 13.2. The Balaban J connectivity index is 0. The number of halogens is 4. The van der Waals surface area contributed by atoms with E-state index in [9.17, 15) is 0 Å². The van der Waals surface area contributed by atoms with Crippen LogP contribution in [0.5, 0.6) is 0 Å². The predicted molar refractivity (Wildman–Crippen MR) is 86.1 cm³/mol. The molecule has 0 aliphatic carbocycles. The van der Waals surface area contributed by atoms with E-state index in [-0.39, 0.29) is 0 Å². The molecule has 0 unspecified atom stereocenters.